The molecule has 0 spiro atoms. The van der Waals surface area contributed by atoms with E-state index >= 15 is 0 Å². The Morgan fingerprint density at radius 1 is 1.32 bits per heavy atom. The van der Waals surface area contributed by atoms with Gasteiger partial charge in [0.2, 0.25) is 5.79 Å². The first-order valence-corrected chi connectivity index (χ1v) is 12.9. The maximum atomic E-state index is 13.2. The van der Waals surface area contributed by atoms with Crippen LogP contribution in [0.2, 0.25) is 5.02 Å². The van der Waals surface area contributed by atoms with E-state index in [1.54, 1.807) is 36.4 Å². The number of rotatable bonds is 8. The van der Waals surface area contributed by atoms with E-state index in [9.17, 15) is 23.1 Å². The van der Waals surface area contributed by atoms with Gasteiger partial charge < -0.3 is 19.3 Å². The topological polar surface area (TPSA) is 81.1 Å². The van der Waals surface area contributed by atoms with E-state index < -0.39 is 29.0 Å². The number of thiazole rings is 1. The molecule has 204 valence electrons. The van der Waals surface area contributed by atoms with Crippen LogP contribution >= 0.6 is 22.9 Å². The summed E-state index contributed by atoms with van der Waals surface area (Å²) >= 11 is 6.64. The lowest BCUT2D eigenvalue weighted by Gasteiger charge is -2.45. The predicted octanol–water partition coefficient (Wildman–Crippen LogP) is 5.22. The molecule has 0 amide bonds. The quantitative estimate of drug-likeness (QED) is 0.372. The summed E-state index contributed by atoms with van der Waals surface area (Å²) in [5.74, 6) is -1.80. The molecule has 3 aromatic rings. The zero-order valence-electron chi connectivity index (χ0n) is 20.6. The number of carbonyl (C=O) groups is 1. The summed E-state index contributed by atoms with van der Waals surface area (Å²) in [7, 11) is 1.28. The maximum Gasteiger partial charge on any atom is 0.443 e. The fourth-order valence-electron chi connectivity index (χ4n) is 4.20. The summed E-state index contributed by atoms with van der Waals surface area (Å²) in [5, 5.41) is 12.3. The number of methoxy groups -OCH3 is 1. The van der Waals surface area contributed by atoms with E-state index in [1.165, 1.54) is 12.5 Å². The number of hydrogen-bond acceptors (Lipinski definition) is 8. The summed E-state index contributed by atoms with van der Waals surface area (Å²) in [5.41, 5.74) is 1.46. The van der Waals surface area contributed by atoms with E-state index in [0.29, 0.717) is 34.1 Å². The van der Waals surface area contributed by atoms with Crippen molar-refractivity contribution in [2.75, 3.05) is 26.8 Å². The third kappa shape index (κ3) is 6.83. The third-order valence-corrected chi connectivity index (χ3v) is 7.33. The molecule has 7 nitrogen and oxygen atoms in total. The molecule has 1 saturated heterocycles. The molecule has 0 radical (unpaired) electrons. The van der Waals surface area contributed by atoms with Crippen molar-refractivity contribution in [3.8, 4) is 5.75 Å². The molecule has 0 bridgehead atoms. The maximum absolute atomic E-state index is 13.2. The molecule has 1 fully saturated rings. The highest BCUT2D eigenvalue weighted by molar-refractivity contribution is 7.09. The van der Waals surface area contributed by atoms with Gasteiger partial charge in [0.05, 0.1) is 19.3 Å². The third-order valence-electron chi connectivity index (χ3n) is 6.19. The number of hydrogen-bond donors (Lipinski definition) is 1. The average molecular weight is 571 g/mol. The Hall–Kier alpha value is -2.70. The fourth-order valence-corrected chi connectivity index (χ4v) is 5.12. The number of nitrogens with zero attached hydrogens (tertiary/aromatic N) is 2. The minimum atomic E-state index is -4.57. The van der Waals surface area contributed by atoms with E-state index in [-0.39, 0.29) is 31.4 Å². The van der Waals surface area contributed by atoms with E-state index in [2.05, 4.69) is 9.72 Å². The fraction of sp³-hybridized carbons (Fsp3) is 0.385. The number of ether oxygens (including phenoxy) is 3. The predicted molar refractivity (Wildman–Crippen MR) is 135 cm³/mol. The first kappa shape index (κ1) is 28.3. The molecule has 2 heterocycles. The number of esters is 1. The van der Waals surface area contributed by atoms with Crippen molar-refractivity contribution in [3.63, 3.8) is 0 Å². The van der Waals surface area contributed by atoms with Gasteiger partial charge in [0.25, 0.3) is 0 Å². The molecule has 38 heavy (non-hydrogen) atoms. The first-order chi connectivity index (χ1) is 18.0. The number of aliphatic hydroxyl groups is 1. The second-order valence-electron chi connectivity index (χ2n) is 8.97. The number of aromatic nitrogens is 1. The van der Waals surface area contributed by atoms with Gasteiger partial charge in [-0.2, -0.15) is 13.2 Å². The van der Waals surface area contributed by atoms with Gasteiger partial charge in [-0.15, -0.1) is 11.3 Å². The van der Waals surface area contributed by atoms with Crippen LogP contribution in [0, 0.1) is 0 Å². The zero-order valence-corrected chi connectivity index (χ0v) is 22.1. The van der Waals surface area contributed by atoms with Crippen molar-refractivity contribution in [1.29, 1.82) is 0 Å². The summed E-state index contributed by atoms with van der Waals surface area (Å²) in [6.07, 6.45) is -4.90. The molecule has 2 aromatic carbocycles. The van der Waals surface area contributed by atoms with Crippen LogP contribution in [0.4, 0.5) is 13.2 Å². The Kier molecular flexibility index (Phi) is 8.63. The molecule has 0 aliphatic carbocycles. The molecule has 1 aliphatic heterocycles. The minimum Gasteiger partial charge on any atom is -0.482 e. The molecule has 4 rings (SSSR count). The molecular weight excluding hydrogens is 545 g/mol. The van der Waals surface area contributed by atoms with Crippen LogP contribution < -0.4 is 4.74 Å². The first-order valence-electron chi connectivity index (χ1n) is 11.7. The van der Waals surface area contributed by atoms with Gasteiger partial charge in [-0.3, -0.25) is 4.90 Å². The second-order valence-corrected chi connectivity index (χ2v) is 10.3. The lowest BCUT2D eigenvalue weighted by molar-refractivity contribution is -0.283. The van der Waals surface area contributed by atoms with E-state index in [4.69, 9.17) is 21.1 Å². The van der Waals surface area contributed by atoms with Gasteiger partial charge in [0.1, 0.15) is 11.9 Å². The van der Waals surface area contributed by atoms with Crippen LogP contribution in [0.15, 0.2) is 53.9 Å². The van der Waals surface area contributed by atoms with Gasteiger partial charge in [0.15, 0.2) is 11.6 Å². The normalized spacial score (nSPS) is 21.2. The molecule has 1 N–H and O–H groups in total. The summed E-state index contributed by atoms with van der Waals surface area (Å²) in [6.45, 7) is 2.06. The molecular formula is C26H26ClF3N2O5S. The molecule has 1 aromatic heterocycles. The van der Waals surface area contributed by atoms with E-state index in [1.807, 2.05) is 24.0 Å². The SMILES string of the molecule is COC(=O)COc1ccc(CC(C)N2CC(c3csc(C(F)(F)F)n3)OC(O)(c3cccc(Cl)c3)C2)cc1. The Labute approximate surface area is 226 Å². The van der Waals surface area contributed by atoms with Gasteiger partial charge in [-0.25, -0.2) is 9.78 Å². The van der Waals surface area contributed by atoms with Gasteiger partial charge in [-0.1, -0.05) is 35.9 Å². The smallest absolute Gasteiger partial charge is 0.443 e. The van der Waals surface area contributed by atoms with Gasteiger partial charge in [-0.05, 0) is 43.2 Å². The van der Waals surface area contributed by atoms with Gasteiger partial charge >= 0.3 is 12.1 Å². The molecule has 0 saturated carbocycles. The number of β-amino-alcohol motifs (C(OH)–C–C–N with tert-alkyl or cyclic N) is 1. The largest absolute Gasteiger partial charge is 0.482 e. The highest BCUT2D eigenvalue weighted by atomic mass is 35.5. The van der Waals surface area contributed by atoms with Crippen molar-refractivity contribution in [1.82, 2.24) is 9.88 Å². The van der Waals surface area contributed by atoms with Crippen molar-refractivity contribution in [3.05, 3.63) is 80.8 Å². The van der Waals surface area contributed by atoms with Crippen LogP contribution in [0.3, 0.4) is 0 Å². The summed E-state index contributed by atoms with van der Waals surface area (Å²) in [6, 6.07) is 13.6. The van der Waals surface area contributed by atoms with Crippen LogP contribution in [0.5, 0.6) is 5.75 Å². The zero-order chi connectivity index (χ0) is 27.5. The van der Waals surface area contributed by atoms with Crippen LogP contribution in [0.25, 0.3) is 0 Å². The number of alkyl halides is 3. The van der Waals surface area contributed by atoms with Crippen molar-refractivity contribution >= 4 is 28.9 Å². The lowest BCUT2D eigenvalue weighted by atomic mass is 9.98. The summed E-state index contributed by atoms with van der Waals surface area (Å²) in [4.78, 5) is 17.0. The average Bonchev–Trinajstić information content (AvgIpc) is 3.39. The molecule has 3 atom stereocenters. The Bertz CT molecular complexity index is 1260. The van der Waals surface area contributed by atoms with Crippen LogP contribution in [0.1, 0.15) is 34.9 Å². The second kappa shape index (κ2) is 11.6. The van der Waals surface area contributed by atoms with E-state index in [0.717, 1.165) is 5.56 Å². The Morgan fingerprint density at radius 3 is 2.68 bits per heavy atom. The standard InChI is InChI=1S/C26H26ClF3N2O5S/c1-16(10-17-6-8-20(9-7-17)36-13-23(33)35-2)32-12-22(21-14-38-24(31-21)26(28,29)30)37-25(34,15-32)18-4-3-5-19(27)11-18/h3-9,11,14,16,22,34H,10,12-13,15H2,1-2H3. The highest BCUT2D eigenvalue weighted by Gasteiger charge is 2.44. The van der Waals surface area contributed by atoms with Crippen molar-refractivity contribution in [2.45, 2.75) is 37.5 Å². The molecule has 1 aliphatic rings. The van der Waals surface area contributed by atoms with Crippen molar-refractivity contribution in [2.24, 2.45) is 0 Å². The van der Waals surface area contributed by atoms with Crippen molar-refractivity contribution < 1.29 is 37.3 Å². The number of carbonyl (C=O) groups excluding carboxylic acids is 1. The number of morpholine rings is 1. The lowest BCUT2D eigenvalue weighted by Crippen LogP contribution is -2.54. The number of benzene rings is 2. The molecule has 3 unspecified atom stereocenters. The minimum absolute atomic E-state index is 0.0710. The highest BCUT2D eigenvalue weighted by Crippen LogP contribution is 2.40. The molecule has 12 heteroatoms. The van der Waals surface area contributed by atoms with Crippen LogP contribution in [-0.2, 0) is 32.7 Å². The van der Waals surface area contributed by atoms with Gasteiger partial charge in [0, 0.05) is 28.6 Å². The monoisotopic (exact) mass is 570 g/mol. The Balaban J connectivity index is 1.54. The Morgan fingerprint density at radius 2 is 2.05 bits per heavy atom. The summed E-state index contributed by atoms with van der Waals surface area (Å²) < 4.78 is 55.6. The van der Waals surface area contributed by atoms with Crippen LogP contribution in [-0.4, -0.2) is 53.8 Å². The number of halogens is 4.